The summed E-state index contributed by atoms with van der Waals surface area (Å²) >= 11 is 0. The van der Waals surface area contributed by atoms with E-state index < -0.39 is 14.8 Å². The summed E-state index contributed by atoms with van der Waals surface area (Å²) in [5.41, 5.74) is -0.371. The zero-order chi connectivity index (χ0) is 17.2. The normalized spacial score (nSPS) is 13.0. The number of hydrogen-bond donors (Lipinski definition) is 3. The molecule has 22 heavy (non-hydrogen) atoms. The molecular formula is C12H27N3O6Si. The van der Waals surface area contributed by atoms with E-state index in [9.17, 15) is 9.59 Å². The first-order chi connectivity index (χ1) is 10.3. The number of carbonyl (C=O) groups is 2. The van der Waals surface area contributed by atoms with Crippen molar-refractivity contribution in [1.82, 2.24) is 15.5 Å². The summed E-state index contributed by atoms with van der Waals surface area (Å²) in [6, 6.07) is -0.376. The maximum atomic E-state index is 11.9. The van der Waals surface area contributed by atoms with E-state index >= 15 is 0 Å². The van der Waals surface area contributed by atoms with Gasteiger partial charge in [-0.2, -0.15) is 0 Å². The molecule has 0 bridgehead atoms. The number of rotatable bonds is 11. The molecular weight excluding hydrogens is 310 g/mol. The SMILES string of the molecule is CCC(NC(=O)NCCN(C)CC(=O)O)[Si](OC)(OC)OC. The lowest BCUT2D eigenvalue weighted by Gasteiger charge is -2.32. The average Bonchev–Trinajstić information content (AvgIpc) is 2.47. The van der Waals surface area contributed by atoms with Gasteiger partial charge in [-0.3, -0.25) is 9.69 Å². The molecule has 10 heteroatoms. The Morgan fingerprint density at radius 2 is 1.77 bits per heavy atom. The van der Waals surface area contributed by atoms with Crippen LogP contribution < -0.4 is 10.6 Å². The Labute approximate surface area is 132 Å². The van der Waals surface area contributed by atoms with Crippen LogP contribution in [0.1, 0.15) is 13.3 Å². The van der Waals surface area contributed by atoms with E-state index in [4.69, 9.17) is 18.4 Å². The largest absolute Gasteiger partial charge is 0.523 e. The van der Waals surface area contributed by atoms with Crippen molar-refractivity contribution in [1.29, 1.82) is 0 Å². The molecule has 3 N–H and O–H groups in total. The molecule has 2 amide bonds. The lowest BCUT2D eigenvalue weighted by atomic mass is 10.4. The monoisotopic (exact) mass is 337 g/mol. The first-order valence-corrected chi connectivity index (χ1v) is 8.75. The summed E-state index contributed by atoms with van der Waals surface area (Å²) in [7, 11) is 3.18. The van der Waals surface area contributed by atoms with E-state index in [-0.39, 0.29) is 18.2 Å². The standard InChI is InChI=1S/C12H27N3O6Si/c1-6-10(22(19-3,20-4)21-5)14-12(18)13-7-8-15(2)9-11(16)17/h10H,6-9H2,1-5H3,(H,16,17)(H2,13,14,18). The van der Waals surface area contributed by atoms with Crippen molar-refractivity contribution >= 4 is 20.8 Å². The van der Waals surface area contributed by atoms with Crippen LogP contribution in [-0.2, 0) is 18.1 Å². The first kappa shape index (κ1) is 20.8. The lowest BCUT2D eigenvalue weighted by molar-refractivity contribution is -0.137. The molecule has 0 aromatic rings. The molecule has 0 fully saturated rings. The van der Waals surface area contributed by atoms with Crippen molar-refractivity contribution in [3.63, 3.8) is 0 Å². The van der Waals surface area contributed by atoms with Crippen molar-refractivity contribution in [3.8, 4) is 0 Å². The maximum absolute atomic E-state index is 11.9. The van der Waals surface area contributed by atoms with Gasteiger partial charge < -0.3 is 29.0 Å². The van der Waals surface area contributed by atoms with Gasteiger partial charge in [0.25, 0.3) is 0 Å². The number of hydrogen-bond acceptors (Lipinski definition) is 6. The predicted molar refractivity (Wildman–Crippen MR) is 82.5 cm³/mol. The maximum Gasteiger partial charge on any atom is 0.523 e. The Morgan fingerprint density at radius 1 is 1.23 bits per heavy atom. The molecule has 0 spiro atoms. The van der Waals surface area contributed by atoms with E-state index in [0.717, 1.165) is 0 Å². The summed E-state index contributed by atoms with van der Waals surface area (Å²) in [6.07, 6.45) is 0.591. The van der Waals surface area contributed by atoms with Gasteiger partial charge in [-0.15, -0.1) is 0 Å². The Balaban J connectivity index is 4.35. The minimum Gasteiger partial charge on any atom is -0.480 e. The second kappa shape index (κ2) is 10.5. The quantitative estimate of drug-likeness (QED) is 0.436. The van der Waals surface area contributed by atoms with Crippen molar-refractivity contribution in [2.45, 2.75) is 19.0 Å². The number of nitrogens with one attached hydrogen (secondary N) is 2. The number of carboxylic acids is 1. The molecule has 0 aliphatic carbocycles. The molecule has 130 valence electrons. The van der Waals surface area contributed by atoms with Gasteiger partial charge in [-0.25, -0.2) is 4.79 Å². The van der Waals surface area contributed by atoms with Crippen molar-refractivity contribution in [3.05, 3.63) is 0 Å². The van der Waals surface area contributed by atoms with Crippen LogP contribution in [0.25, 0.3) is 0 Å². The lowest BCUT2D eigenvalue weighted by Crippen LogP contribution is -2.62. The summed E-state index contributed by atoms with van der Waals surface area (Å²) in [5.74, 6) is -0.908. The minimum atomic E-state index is -2.95. The van der Waals surface area contributed by atoms with Crippen LogP contribution in [0.3, 0.4) is 0 Å². The van der Waals surface area contributed by atoms with Crippen LogP contribution in [0.4, 0.5) is 4.79 Å². The third kappa shape index (κ3) is 6.71. The molecule has 0 rings (SSSR count). The highest BCUT2D eigenvalue weighted by atomic mass is 28.4. The Hall–Kier alpha value is -1.20. The van der Waals surface area contributed by atoms with Gasteiger partial charge in [0.15, 0.2) is 0 Å². The summed E-state index contributed by atoms with van der Waals surface area (Å²) < 4.78 is 16.1. The Kier molecular flexibility index (Phi) is 9.94. The summed E-state index contributed by atoms with van der Waals surface area (Å²) in [4.78, 5) is 24.0. The van der Waals surface area contributed by atoms with Crippen molar-refractivity contribution < 1.29 is 28.0 Å². The average molecular weight is 337 g/mol. The minimum absolute atomic E-state index is 0.0755. The van der Waals surface area contributed by atoms with Crippen LogP contribution >= 0.6 is 0 Å². The number of aliphatic carboxylic acids is 1. The predicted octanol–water partition coefficient (Wildman–Crippen LogP) is -0.502. The molecule has 0 saturated carbocycles. The summed E-state index contributed by atoms with van der Waals surface area (Å²) in [6.45, 7) is 2.57. The third-order valence-electron chi connectivity index (χ3n) is 3.18. The van der Waals surface area contributed by atoms with Crippen LogP contribution in [0.5, 0.6) is 0 Å². The molecule has 1 atom stereocenters. The van der Waals surface area contributed by atoms with Crippen LogP contribution in [0.15, 0.2) is 0 Å². The second-order valence-electron chi connectivity index (χ2n) is 4.71. The molecule has 0 radical (unpaired) electrons. The van der Waals surface area contributed by atoms with Gasteiger partial charge in [-0.05, 0) is 13.5 Å². The fraction of sp³-hybridized carbons (Fsp3) is 0.833. The van der Waals surface area contributed by atoms with Gasteiger partial charge in [0.05, 0.1) is 6.54 Å². The first-order valence-electron chi connectivity index (χ1n) is 6.95. The number of likely N-dealkylation sites (N-methyl/N-ethyl adjacent to an activating group) is 1. The molecule has 0 aliphatic rings. The van der Waals surface area contributed by atoms with Gasteiger partial charge in [0.1, 0.15) is 5.67 Å². The van der Waals surface area contributed by atoms with E-state index in [1.165, 1.54) is 21.3 Å². The van der Waals surface area contributed by atoms with Crippen LogP contribution in [0.2, 0.25) is 0 Å². The summed E-state index contributed by atoms with van der Waals surface area (Å²) in [5, 5.41) is 14.1. The Morgan fingerprint density at radius 3 is 2.18 bits per heavy atom. The van der Waals surface area contributed by atoms with Gasteiger partial charge in [0, 0.05) is 34.4 Å². The highest BCUT2D eigenvalue weighted by Crippen LogP contribution is 2.14. The molecule has 0 aromatic carbocycles. The van der Waals surface area contributed by atoms with Crippen LogP contribution in [-0.4, -0.2) is 84.5 Å². The van der Waals surface area contributed by atoms with E-state index in [0.29, 0.717) is 19.5 Å². The molecule has 1 unspecified atom stereocenters. The number of urea groups is 1. The second-order valence-corrected chi connectivity index (χ2v) is 7.84. The fourth-order valence-electron chi connectivity index (χ4n) is 2.00. The zero-order valence-corrected chi connectivity index (χ0v) is 14.8. The topological polar surface area (TPSA) is 109 Å². The smallest absolute Gasteiger partial charge is 0.480 e. The number of carbonyl (C=O) groups excluding carboxylic acids is 1. The van der Waals surface area contributed by atoms with Crippen molar-refractivity contribution in [2.24, 2.45) is 0 Å². The number of amides is 2. The number of carboxylic acid groups (broad SMARTS) is 1. The molecule has 0 heterocycles. The highest BCUT2D eigenvalue weighted by molar-refractivity contribution is 6.62. The van der Waals surface area contributed by atoms with Crippen LogP contribution in [0, 0.1) is 0 Å². The van der Waals surface area contributed by atoms with E-state index in [1.54, 1.807) is 11.9 Å². The van der Waals surface area contributed by atoms with E-state index in [2.05, 4.69) is 10.6 Å². The van der Waals surface area contributed by atoms with Crippen molar-refractivity contribution in [2.75, 3.05) is 48.0 Å². The molecule has 0 saturated heterocycles. The van der Waals surface area contributed by atoms with Gasteiger partial charge >= 0.3 is 20.8 Å². The van der Waals surface area contributed by atoms with Gasteiger partial charge in [0.2, 0.25) is 0 Å². The zero-order valence-electron chi connectivity index (χ0n) is 13.8. The fourth-order valence-corrected chi connectivity index (χ4v) is 4.16. The molecule has 0 aromatic heterocycles. The number of nitrogens with zero attached hydrogens (tertiary/aromatic N) is 1. The third-order valence-corrected chi connectivity index (χ3v) is 6.29. The molecule has 0 aliphatic heterocycles. The Bertz CT molecular complexity index is 345. The van der Waals surface area contributed by atoms with Gasteiger partial charge in [-0.1, -0.05) is 6.92 Å². The van der Waals surface area contributed by atoms with E-state index in [1.807, 2.05) is 6.92 Å². The molecule has 9 nitrogen and oxygen atoms in total. The highest BCUT2D eigenvalue weighted by Gasteiger charge is 2.47.